The molecule has 34 heavy (non-hydrogen) atoms. The molecule has 1 saturated heterocycles. The van der Waals surface area contributed by atoms with Crippen molar-refractivity contribution in [3.05, 3.63) is 34.9 Å². The Labute approximate surface area is 194 Å². The third kappa shape index (κ3) is 7.61. The lowest BCUT2D eigenvalue weighted by Gasteiger charge is -2.32. The first-order chi connectivity index (χ1) is 15.9. The van der Waals surface area contributed by atoms with Crippen molar-refractivity contribution in [2.24, 2.45) is 5.92 Å². The zero-order valence-electron chi connectivity index (χ0n) is 18.7. The predicted octanol–water partition coefficient (Wildman–Crippen LogP) is 4.61. The lowest BCUT2D eigenvalue weighted by molar-refractivity contribution is -0.143. The van der Waals surface area contributed by atoms with Crippen LogP contribution in [0.2, 0.25) is 0 Å². The summed E-state index contributed by atoms with van der Waals surface area (Å²) < 4.78 is 78.0. The second-order valence-corrected chi connectivity index (χ2v) is 9.13. The third-order valence-corrected chi connectivity index (χ3v) is 6.45. The Bertz CT molecular complexity index is 825. The number of piperidine rings is 1. The SMILES string of the molecule is O=C(CN1CCC(CNC(=O)c2cc(C(F)(F)F)cc(C(F)(F)F)c2)CC1)NC1CCCCC1. The highest BCUT2D eigenvalue weighted by Gasteiger charge is 2.37. The molecule has 1 aliphatic carbocycles. The smallest absolute Gasteiger partial charge is 0.352 e. The molecule has 1 aliphatic heterocycles. The molecule has 2 amide bonds. The van der Waals surface area contributed by atoms with Crippen LogP contribution in [0.25, 0.3) is 0 Å². The van der Waals surface area contributed by atoms with Crippen LogP contribution in [0, 0.1) is 5.92 Å². The van der Waals surface area contributed by atoms with Gasteiger partial charge in [-0.3, -0.25) is 14.5 Å². The fourth-order valence-corrected chi connectivity index (χ4v) is 4.50. The zero-order chi connectivity index (χ0) is 24.9. The minimum Gasteiger partial charge on any atom is -0.352 e. The van der Waals surface area contributed by atoms with Crippen LogP contribution in [-0.4, -0.2) is 48.9 Å². The van der Waals surface area contributed by atoms with E-state index in [4.69, 9.17) is 0 Å². The molecule has 190 valence electrons. The molecule has 0 spiro atoms. The molecule has 2 N–H and O–H groups in total. The van der Waals surface area contributed by atoms with Crippen molar-refractivity contribution in [2.45, 2.75) is 63.3 Å². The molecular formula is C23H29F6N3O2. The Balaban J connectivity index is 1.48. The number of nitrogens with one attached hydrogen (secondary N) is 2. The Hall–Kier alpha value is -2.30. The van der Waals surface area contributed by atoms with Gasteiger partial charge in [0.25, 0.3) is 5.91 Å². The molecule has 1 heterocycles. The number of hydrogen-bond donors (Lipinski definition) is 2. The lowest BCUT2D eigenvalue weighted by atomic mass is 9.95. The summed E-state index contributed by atoms with van der Waals surface area (Å²) in [6.07, 6.45) is -3.24. The summed E-state index contributed by atoms with van der Waals surface area (Å²) in [5.41, 5.74) is -3.72. The van der Waals surface area contributed by atoms with Gasteiger partial charge in [0.05, 0.1) is 17.7 Å². The van der Waals surface area contributed by atoms with Crippen LogP contribution in [0.4, 0.5) is 26.3 Å². The summed E-state index contributed by atoms with van der Waals surface area (Å²) in [5, 5.41) is 5.53. The van der Waals surface area contributed by atoms with E-state index in [1.54, 1.807) is 0 Å². The molecule has 1 aromatic carbocycles. The van der Waals surface area contributed by atoms with Gasteiger partial charge in [0, 0.05) is 18.2 Å². The third-order valence-electron chi connectivity index (χ3n) is 6.45. The molecule has 0 radical (unpaired) electrons. The quantitative estimate of drug-likeness (QED) is 0.569. The molecule has 0 aromatic heterocycles. The van der Waals surface area contributed by atoms with Crippen LogP contribution in [0.3, 0.4) is 0 Å². The van der Waals surface area contributed by atoms with E-state index in [1.807, 2.05) is 4.90 Å². The van der Waals surface area contributed by atoms with E-state index < -0.39 is 35.0 Å². The van der Waals surface area contributed by atoms with Crippen molar-refractivity contribution in [2.75, 3.05) is 26.2 Å². The molecule has 1 saturated carbocycles. The van der Waals surface area contributed by atoms with Crippen molar-refractivity contribution >= 4 is 11.8 Å². The molecular weight excluding hydrogens is 464 g/mol. The number of carbonyl (C=O) groups is 2. The first-order valence-electron chi connectivity index (χ1n) is 11.5. The standard InChI is InChI=1S/C23H29F6N3O2/c24-22(25,26)17-10-16(11-18(12-17)23(27,28)29)21(34)30-13-15-6-8-32(9-7-15)14-20(33)31-19-4-2-1-3-5-19/h10-12,15,19H,1-9,13-14H2,(H,30,34)(H,31,33). The van der Waals surface area contributed by atoms with Crippen molar-refractivity contribution in [1.29, 1.82) is 0 Å². The second-order valence-electron chi connectivity index (χ2n) is 9.13. The topological polar surface area (TPSA) is 61.4 Å². The molecule has 5 nitrogen and oxygen atoms in total. The first-order valence-corrected chi connectivity index (χ1v) is 11.5. The Kier molecular flexibility index (Phi) is 8.48. The zero-order valence-corrected chi connectivity index (χ0v) is 18.7. The fourth-order valence-electron chi connectivity index (χ4n) is 4.50. The van der Waals surface area contributed by atoms with Crippen molar-refractivity contribution in [3.63, 3.8) is 0 Å². The highest BCUT2D eigenvalue weighted by atomic mass is 19.4. The van der Waals surface area contributed by atoms with E-state index >= 15 is 0 Å². The molecule has 0 atom stereocenters. The van der Waals surface area contributed by atoms with Gasteiger partial charge >= 0.3 is 12.4 Å². The number of hydrogen-bond acceptors (Lipinski definition) is 3. The van der Waals surface area contributed by atoms with Crippen LogP contribution in [-0.2, 0) is 17.1 Å². The van der Waals surface area contributed by atoms with Gasteiger partial charge in [-0.1, -0.05) is 19.3 Å². The summed E-state index contributed by atoms with van der Waals surface area (Å²) in [6, 6.07) is 1.09. The van der Waals surface area contributed by atoms with Gasteiger partial charge in [-0.25, -0.2) is 0 Å². The summed E-state index contributed by atoms with van der Waals surface area (Å²) >= 11 is 0. The first kappa shape index (κ1) is 26.3. The van der Waals surface area contributed by atoms with E-state index in [0.29, 0.717) is 44.6 Å². The summed E-state index contributed by atoms with van der Waals surface area (Å²) in [5.74, 6) is -0.968. The second kappa shape index (κ2) is 11.0. The maximum Gasteiger partial charge on any atom is 0.416 e. The van der Waals surface area contributed by atoms with Crippen molar-refractivity contribution < 1.29 is 35.9 Å². The summed E-state index contributed by atoms with van der Waals surface area (Å²) in [6.45, 7) is 1.68. The number of likely N-dealkylation sites (tertiary alicyclic amines) is 1. The van der Waals surface area contributed by atoms with Gasteiger partial charge in [-0.05, 0) is 62.9 Å². The van der Waals surface area contributed by atoms with E-state index in [0.717, 1.165) is 25.7 Å². The molecule has 3 rings (SSSR count). The summed E-state index contributed by atoms with van der Waals surface area (Å²) in [7, 11) is 0. The fraction of sp³-hybridized carbons (Fsp3) is 0.652. The van der Waals surface area contributed by atoms with Crippen molar-refractivity contribution in [3.8, 4) is 0 Å². The van der Waals surface area contributed by atoms with Crippen molar-refractivity contribution in [1.82, 2.24) is 15.5 Å². The molecule has 0 unspecified atom stereocenters. The van der Waals surface area contributed by atoms with Gasteiger partial charge < -0.3 is 10.6 Å². The minimum absolute atomic E-state index is 0.00306. The van der Waals surface area contributed by atoms with Gasteiger partial charge in [0.15, 0.2) is 0 Å². The van der Waals surface area contributed by atoms with E-state index in [2.05, 4.69) is 10.6 Å². The molecule has 2 aliphatic rings. The van der Waals surface area contributed by atoms with E-state index in [9.17, 15) is 35.9 Å². The van der Waals surface area contributed by atoms with E-state index in [-0.39, 0.29) is 30.5 Å². The average Bonchev–Trinajstić information content (AvgIpc) is 2.77. The Morgan fingerprint density at radius 2 is 1.41 bits per heavy atom. The van der Waals surface area contributed by atoms with E-state index in [1.165, 1.54) is 6.42 Å². The number of halogens is 6. The number of benzene rings is 1. The number of alkyl halides is 6. The number of carbonyl (C=O) groups excluding carboxylic acids is 2. The van der Waals surface area contributed by atoms with Crippen LogP contribution in [0.1, 0.15) is 66.4 Å². The van der Waals surface area contributed by atoms with Crippen LogP contribution in [0.15, 0.2) is 18.2 Å². The monoisotopic (exact) mass is 493 g/mol. The molecule has 1 aromatic rings. The lowest BCUT2D eigenvalue weighted by Crippen LogP contribution is -2.46. The Morgan fingerprint density at radius 3 is 1.94 bits per heavy atom. The Morgan fingerprint density at radius 1 is 0.853 bits per heavy atom. The number of nitrogens with zero attached hydrogens (tertiary/aromatic N) is 1. The van der Waals surface area contributed by atoms with Gasteiger partial charge in [-0.2, -0.15) is 26.3 Å². The van der Waals surface area contributed by atoms with Crippen LogP contribution in [0.5, 0.6) is 0 Å². The maximum atomic E-state index is 13.0. The number of rotatable bonds is 6. The van der Waals surface area contributed by atoms with Crippen LogP contribution < -0.4 is 10.6 Å². The highest BCUT2D eigenvalue weighted by molar-refractivity contribution is 5.94. The summed E-state index contributed by atoms with van der Waals surface area (Å²) in [4.78, 5) is 26.6. The number of amides is 2. The highest BCUT2D eigenvalue weighted by Crippen LogP contribution is 2.36. The molecule has 11 heteroatoms. The van der Waals surface area contributed by atoms with Crippen LogP contribution >= 0.6 is 0 Å². The minimum atomic E-state index is -5.01. The van der Waals surface area contributed by atoms with Gasteiger partial charge in [0.2, 0.25) is 5.91 Å². The van der Waals surface area contributed by atoms with Gasteiger partial charge in [0.1, 0.15) is 0 Å². The molecule has 0 bridgehead atoms. The largest absolute Gasteiger partial charge is 0.416 e. The normalized spacial score (nSPS) is 19.1. The molecule has 2 fully saturated rings. The maximum absolute atomic E-state index is 13.0. The van der Waals surface area contributed by atoms with Gasteiger partial charge in [-0.15, -0.1) is 0 Å². The average molecular weight is 493 g/mol. The predicted molar refractivity (Wildman–Crippen MR) is 113 cm³/mol.